The highest BCUT2D eigenvalue weighted by Crippen LogP contribution is 2.23. The number of halogens is 1. The van der Waals surface area contributed by atoms with E-state index < -0.39 is 0 Å². The summed E-state index contributed by atoms with van der Waals surface area (Å²) in [5.74, 6) is 0.838. The van der Waals surface area contributed by atoms with Gasteiger partial charge >= 0.3 is 0 Å². The Bertz CT molecular complexity index is 660. The molecule has 0 aliphatic carbocycles. The van der Waals surface area contributed by atoms with Crippen molar-refractivity contribution in [3.8, 4) is 0 Å². The largest absolute Gasteiger partial charge is 0.353 e. The zero-order valence-electron chi connectivity index (χ0n) is 13.3. The van der Waals surface area contributed by atoms with Crippen LogP contribution in [0.5, 0.6) is 0 Å². The molecule has 0 spiro atoms. The van der Waals surface area contributed by atoms with Gasteiger partial charge in [0.05, 0.1) is 11.9 Å². The standard InChI is InChI=1S/C15H21ClN6/c1-11-13(12(2)20(3)19-11)9-21-4-6-22(7-5-21)15-14(16)8-17-10-18-15/h8,10H,4-7,9H2,1-3H3. The molecule has 0 saturated carbocycles. The molecule has 0 N–H and O–H groups in total. The topological polar surface area (TPSA) is 50.1 Å². The third-order valence-electron chi connectivity index (χ3n) is 4.36. The molecule has 0 radical (unpaired) electrons. The molecule has 0 unspecified atom stereocenters. The Hall–Kier alpha value is -1.66. The summed E-state index contributed by atoms with van der Waals surface area (Å²) in [5, 5.41) is 5.12. The van der Waals surface area contributed by atoms with Crippen LogP contribution < -0.4 is 4.90 Å². The normalized spacial score (nSPS) is 16.3. The van der Waals surface area contributed by atoms with Crippen LogP contribution in [0.2, 0.25) is 5.02 Å². The van der Waals surface area contributed by atoms with Gasteiger partial charge in [0.2, 0.25) is 0 Å². The maximum atomic E-state index is 6.18. The summed E-state index contributed by atoms with van der Waals surface area (Å²) in [6.45, 7) is 9.01. The van der Waals surface area contributed by atoms with Crippen molar-refractivity contribution in [1.29, 1.82) is 0 Å². The van der Waals surface area contributed by atoms with Crippen molar-refractivity contribution in [3.63, 3.8) is 0 Å². The molecule has 0 aromatic carbocycles. The third-order valence-corrected chi connectivity index (χ3v) is 4.63. The van der Waals surface area contributed by atoms with E-state index in [2.05, 4.69) is 38.7 Å². The van der Waals surface area contributed by atoms with Gasteiger partial charge in [0.1, 0.15) is 11.3 Å². The average Bonchev–Trinajstić information content (AvgIpc) is 2.75. The monoisotopic (exact) mass is 320 g/mol. The van der Waals surface area contributed by atoms with Crippen molar-refractivity contribution < 1.29 is 0 Å². The Kier molecular flexibility index (Phi) is 4.31. The molecule has 3 rings (SSSR count). The van der Waals surface area contributed by atoms with Crippen LogP contribution in [0.1, 0.15) is 17.0 Å². The fourth-order valence-electron chi connectivity index (χ4n) is 2.93. The number of aromatic nitrogens is 4. The van der Waals surface area contributed by atoms with Gasteiger partial charge in [-0.25, -0.2) is 9.97 Å². The van der Waals surface area contributed by atoms with E-state index in [1.165, 1.54) is 11.3 Å². The van der Waals surface area contributed by atoms with Crippen molar-refractivity contribution in [2.75, 3.05) is 31.1 Å². The first kappa shape index (κ1) is 15.2. The maximum Gasteiger partial charge on any atom is 0.150 e. The third kappa shape index (κ3) is 2.94. The number of hydrogen-bond acceptors (Lipinski definition) is 5. The highest BCUT2D eigenvalue weighted by Gasteiger charge is 2.21. The minimum absolute atomic E-state index is 0.620. The first-order valence-electron chi connectivity index (χ1n) is 7.48. The Morgan fingerprint density at radius 3 is 2.50 bits per heavy atom. The summed E-state index contributed by atoms with van der Waals surface area (Å²) in [7, 11) is 2.00. The summed E-state index contributed by atoms with van der Waals surface area (Å²) in [4.78, 5) is 12.9. The lowest BCUT2D eigenvalue weighted by atomic mass is 10.1. The first-order chi connectivity index (χ1) is 10.6. The Morgan fingerprint density at radius 1 is 1.18 bits per heavy atom. The SMILES string of the molecule is Cc1nn(C)c(C)c1CN1CCN(c2ncncc2Cl)CC1. The van der Waals surface area contributed by atoms with E-state index >= 15 is 0 Å². The molecule has 7 heteroatoms. The van der Waals surface area contributed by atoms with Crippen LogP contribution in [0.3, 0.4) is 0 Å². The van der Waals surface area contributed by atoms with Crippen molar-refractivity contribution >= 4 is 17.4 Å². The molecule has 2 aromatic rings. The van der Waals surface area contributed by atoms with E-state index in [1.54, 1.807) is 12.5 Å². The van der Waals surface area contributed by atoms with Crippen molar-refractivity contribution in [2.24, 2.45) is 7.05 Å². The van der Waals surface area contributed by atoms with E-state index in [1.807, 2.05) is 11.7 Å². The second-order valence-electron chi connectivity index (χ2n) is 5.73. The smallest absolute Gasteiger partial charge is 0.150 e. The molecule has 1 aliphatic heterocycles. The number of nitrogens with zero attached hydrogens (tertiary/aromatic N) is 6. The summed E-state index contributed by atoms with van der Waals surface area (Å²) >= 11 is 6.18. The second kappa shape index (κ2) is 6.22. The summed E-state index contributed by atoms with van der Waals surface area (Å²) in [5.41, 5.74) is 3.72. The Morgan fingerprint density at radius 2 is 1.91 bits per heavy atom. The predicted molar refractivity (Wildman–Crippen MR) is 87.2 cm³/mol. The Balaban J connectivity index is 1.64. The lowest BCUT2D eigenvalue weighted by Gasteiger charge is -2.35. The second-order valence-corrected chi connectivity index (χ2v) is 6.14. The van der Waals surface area contributed by atoms with Gasteiger partial charge in [-0.05, 0) is 13.8 Å². The van der Waals surface area contributed by atoms with Crippen molar-refractivity contribution in [1.82, 2.24) is 24.6 Å². The van der Waals surface area contributed by atoms with Crippen molar-refractivity contribution in [2.45, 2.75) is 20.4 Å². The number of anilines is 1. The van der Waals surface area contributed by atoms with Gasteiger partial charge in [-0.2, -0.15) is 5.10 Å². The van der Waals surface area contributed by atoms with Crippen molar-refractivity contribution in [3.05, 3.63) is 34.5 Å². The number of hydrogen-bond donors (Lipinski definition) is 0. The molecule has 0 atom stereocenters. The average molecular weight is 321 g/mol. The zero-order chi connectivity index (χ0) is 15.7. The highest BCUT2D eigenvalue weighted by atomic mass is 35.5. The first-order valence-corrected chi connectivity index (χ1v) is 7.86. The molecular formula is C15H21ClN6. The van der Waals surface area contributed by atoms with E-state index in [4.69, 9.17) is 11.6 Å². The molecule has 1 fully saturated rings. The zero-order valence-corrected chi connectivity index (χ0v) is 14.0. The van der Waals surface area contributed by atoms with Crippen LogP contribution >= 0.6 is 11.6 Å². The molecule has 2 aromatic heterocycles. The molecule has 1 aliphatic rings. The lowest BCUT2D eigenvalue weighted by molar-refractivity contribution is 0.248. The van der Waals surface area contributed by atoms with Gasteiger partial charge in [-0.1, -0.05) is 11.6 Å². The highest BCUT2D eigenvalue weighted by molar-refractivity contribution is 6.32. The molecular weight excluding hydrogens is 300 g/mol. The number of aryl methyl sites for hydroxylation is 2. The van der Waals surface area contributed by atoms with Crippen LogP contribution in [0.25, 0.3) is 0 Å². The quantitative estimate of drug-likeness (QED) is 0.863. The van der Waals surface area contributed by atoms with E-state index in [9.17, 15) is 0 Å². The van der Waals surface area contributed by atoms with Crippen LogP contribution in [0, 0.1) is 13.8 Å². The molecule has 3 heterocycles. The Labute approximate surface area is 135 Å². The molecule has 1 saturated heterocycles. The fourth-order valence-corrected chi connectivity index (χ4v) is 3.15. The molecule has 22 heavy (non-hydrogen) atoms. The number of rotatable bonds is 3. The van der Waals surface area contributed by atoms with E-state index in [0.717, 1.165) is 44.2 Å². The molecule has 6 nitrogen and oxygen atoms in total. The lowest BCUT2D eigenvalue weighted by Crippen LogP contribution is -2.46. The van der Waals surface area contributed by atoms with E-state index in [0.29, 0.717) is 5.02 Å². The molecule has 118 valence electrons. The van der Waals surface area contributed by atoms with Crippen LogP contribution in [-0.2, 0) is 13.6 Å². The molecule has 0 amide bonds. The van der Waals surface area contributed by atoms with E-state index in [-0.39, 0.29) is 0 Å². The summed E-state index contributed by atoms with van der Waals surface area (Å²) in [6, 6.07) is 0. The minimum Gasteiger partial charge on any atom is -0.353 e. The molecule has 0 bridgehead atoms. The van der Waals surface area contributed by atoms with Gasteiger partial charge in [0.15, 0.2) is 5.82 Å². The van der Waals surface area contributed by atoms with Crippen LogP contribution in [-0.4, -0.2) is 50.8 Å². The minimum atomic E-state index is 0.620. The summed E-state index contributed by atoms with van der Waals surface area (Å²) in [6.07, 6.45) is 3.20. The van der Waals surface area contributed by atoms with Gasteiger partial charge in [-0.3, -0.25) is 9.58 Å². The van der Waals surface area contributed by atoms with Gasteiger partial charge in [-0.15, -0.1) is 0 Å². The van der Waals surface area contributed by atoms with Gasteiger partial charge in [0.25, 0.3) is 0 Å². The number of piperazine rings is 1. The maximum absolute atomic E-state index is 6.18. The van der Waals surface area contributed by atoms with Gasteiger partial charge < -0.3 is 4.90 Å². The fraction of sp³-hybridized carbons (Fsp3) is 0.533. The van der Waals surface area contributed by atoms with Crippen LogP contribution in [0.4, 0.5) is 5.82 Å². The van der Waals surface area contributed by atoms with Gasteiger partial charge in [0, 0.05) is 51.0 Å². The van der Waals surface area contributed by atoms with Crippen LogP contribution in [0.15, 0.2) is 12.5 Å². The predicted octanol–water partition coefficient (Wildman–Crippen LogP) is 1.80. The summed E-state index contributed by atoms with van der Waals surface area (Å²) < 4.78 is 1.96.